The zero-order valence-electron chi connectivity index (χ0n) is 12.1. The Balaban J connectivity index is 2.47. The van der Waals surface area contributed by atoms with Gasteiger partial charge in [-0.2, -0.15) is 0 Å². The van der Waals surface area contributed by atoms with E-state index in [4.69, 9.17) is 4.74 Å². The van der Waals surface area contributed by atoms with Crippen LogP contribution in [0.5, 0.6) is 5.75 Å². The monoisotopic (exact) mass is 265 g/mol. The third-order valence-electron chi connectivity index (χ3n) is 2.99. The molecule has 0 aliphatic heterocycles. The number of rotatable bonds is 5. The SMILES string of the molecule is COc1cccc(CC(=O)NCC(O)C(C)(C)C)c1. The summed E-state index contributed by atoms with van der Waals surface area (Å²) in [4.78, 5) is 11.8. The van der Waals surface area contributed by atoms with Gasteiger partial charge in [0.2, 0.25) is 5.91 Å². The molecule has 4 heteroatoms. The number of nitrogens with one attached hydrogen (secondary N) is 1. The quantitative estimate of drug-likeness (QED) is 0.853. The van der Waals surface area contributed by atoms with Crippen LogP contribution in [0.2, 0.25) is 0 Å². The molecule has 0 saturated heterocycles. The van der Waals surface area contributed by atoms with Gasteiger partial charge in [-0.05, 0) is 23.1 Å². The lowest BCUT2D eigenvalue weighted by atomic mass is 9.89. The molecule has 1 unspecified atom stereocenters. The number of ether oxygens (including phenoxy) is 1. The first-order valence-electron chi connectivity index (χ1n) is 6.40. The molecule has 0 fully saturated rings. The summed E-state index contributed by atoms with van der Waals surface area (Å²) in [5, 5.41) is 12.6. The van der Waals surface area contributed by atoms with Crippen molar-refractivity contribution in [1.29, 1.82) is 0 Å². The van der Waals surface area contributed by atoms with E-state index in [0.717, 1.165) is 11.3 Å². The van der Waals surface area contributed by atoms with E-state index in [1.807, 2.05) is 45.0 Å². The molecule has 2 N–H and O–H groups in total. The first-order valence-corrected chi connectivity index (χ1v) is 6.40. The van der Waals surface area contributed by atoms with Crippen LogP contribution in [0.25, 0.3) is 0 Å². The van der Waals surface area contributed by atoms with Gasteiger partial charge in [0.25, 0.3) is 0 Å². The fourth-order valence-electron chi connectivity index (χ4n) is 1.55. The minimum atomic E-state index is -0.554. The van der Waals surface area contributed by atoms with Crippen molar-refractivity contribution in [3.8, 4) is 5.75 Å². The Morgan fingerprint density at radius 1 is 1.42 bits per heavy atom. The molecular formula is C15H23NO3. The summed E-state index contributed by atoms with van der Waals surface area (Å²) in [5.41, 5.74) is 0.658. The minimum absolute atomic E-state index is 0.100. The number of hydrogen-bond donors (Lipinski definition) is 2. The van der Waals surface area contributed by atoms with Gasteiger partial charge in [0, 0.05) is 6.54 Å². The Morgan fingerprint density at radius 3 is 2.68 bits per heavy atom. The van der Waals surface area contributed by atoms with Crippen molar-refractivity contribution in [2.75, 3.05) is 13.7 Å². The predicted molar refractivity (Wildman–Crippen MR) is 75.2 cm³/mol. The number of aliphatic hydroxyl groups excluding tert-OH is 1. The number of hydrogen-bond acceptors (Lipinski definition) is 3. The van der Waals surface area contributed by atoms with E-state index in [9.17, 15) is 9.90 Å². The van der Waals surface area contributed by atoms with E-state index in [1.165, 1.54) is 0 Å². The normalized spacial score (nSPS) is 12.9. The van der Waals surface area contributed by atoms with Crippen molar-refractivity contribution in [1.82, 2.24) is 5.32 Å². The fourth-order valence-corrected chi connectivity index (χ4v) is 1.55. The molecule has 1 aromatic carbocycles. The molecule has 1 amide bonds. The largest absolute Gasteiger partial charge is 0.497 e. The highest BCUT2D eigenvalue weighted by Crippen LogP contribution is 2.18. The van der Waals surface area contributed by atoms with Gasteiger partial charge in [-0.1, -0.05) is 32.9 Å². The van der Waals surface area contributed by atoms with E-state index in [0.29, 0.717) is 0 Å². The van der Waals surface area contributed by atoms with Crippen LogP contribution >= 0.6 is 0 Å². The number of carbonyl (C=O) groups is 1. The number of aliphatic hydroxyl groups is 1. The summed E-state index contributed by atoms with van der Waals surface area (Å²) in [5.74, 6) is 0.636. The van der Waals surface area contributed by atoms with Gasteiger partial charge in [0.1, 0.15) is 5.75 Å². The zero-order valence-corrected chi connectivity index (χ0v) is 12.1. The molecule has 0 saturated carbocycles. The van der Waals surface area contributed by atoms with Crippen LogP contribution in [-0.4, -0.2) is 30.8 Å². The molecule has 0 aromatic heterocycles. The number of amides is 1. The van der Waals surface area contributed by atoms with E-state index < -0.39 is 6.10 Å². The Hall–Kier alpha value is -1.55. The molecule has 0 bridgehead atoms. The molecule has 4 nitrogen and oxygen atoms in total. The number of carbonyl (C=O) groups excluding carboxylic acids is 1. The molecule has 19 heavy (non-hydrogen) atoms. The van der Waals surface area contributed by atoms with Crippen LogP contribution in [0, 0.1) is 5.41 Å². The highest BCUT2D eigenvalue weighted by atomic mass is 16.5. The highest BCUT2D eigenvalue weighted by Gasteiger charge is 2.22. The molecule has 1 aromatic rings. The van der Waals surface area contributed by atoms with Gasteiger partial charge in [-0.25, -0.2) is 0 Å². The van der Waals surface area contributed by atoms with Gasteiger partial charge in [0.15, 0.2) is 0 Å². The molecule has 1 atom stereocenters. The smallest absolute Gasteiger partial charge is 0.224 e. The van der Waals surface area contributed by atoms with Crippen LogP contribution in [-0.2, 0) is 11.2 Å². The lowest BCUT2D eigenvalue weighted by Gasteiger charge is -2.25. The fraction of sp³-hybridized carbons (Fsp3) is 0.533. The zero-order chi connectivity index (χ0) is 14.5. The molecule has 0 heterocycles. The molecular weight excluding hydrogens is 242 g/mol. The maximum atomic E-state index is 11.8. The van der Waals surface area contributed by atoms with Crippen LogP contribution in [0.1, 0.15) is 26.3 Å². The Morgan fingerprint density at radius 2 is 2.11 bits per heavy atom. The van der Waals surface area contributed by atoms with Crippen LogP contribution in [0.4, 0.5) is 0 Å². The van der Waals surface area contributed by atoms with Crippen molar-refractivity contribution in [3.05, 3.63) is 29.8 Å². The Labute approximate surface area is 114 Å². The molecule has 0 spiro atoms. The molecule has 1 rings (SSSR count). The number of methoxy groups -OCH3 is 1. The summed E-state index contributed by atoms with van der Waals surface area (Å²) in [6.07, 6.45) is -0.268. The van der Waals surface area contributed by atoms with Crippen molar-refractivity contribution in [2.24, 2.45) is 5.41 Å². The van der Waals surface area contributed by atoms with E-state index in [1.54, 1.807) is 7.11 Å². The van der Waals surface area contributed by atoms with Gasteiger partial charge in [-0.15, -0.1) is 0 Å². The lowest BCUT2D eigenvalue weighted by molar-refractivity contribution is -0.121. The van der Waals surface area contributed by atoms with Crippen molar-refractivity contribution >= 4 is 5.91 Å². The first-order chi connectivity index (χ1) is 8.82. The van der Waals surface area contributed by atoms with Crippen molar-refractivity contribution in [2.45, 2.75) is 33.3 Å². The van der Waals surface area contributed by atoms with Crippen LogP contribution in [0.3, 0.4) is 0 Å². The minimum Gasteiger partial charge on any atom is -0.497 e. The third-order valence-corrected chi connectivity index (χ3v) is 2.99. The van der Waals surface area contributed by atoms with E-state index in [-0.39, 0.29) is 24.3 Å². The van der Waals surface area contributed by atoms with Gasteiger partial charge in [0.05, 0.1) is 19.6 Å². The van der Waals surface area contributed by atoms with Crippen LogP contribution in [0.15, 0.2) is 24.3 Å². The maximum Gasteiger partial charge on any atom is 0.224 e. The topological polar surface area (TPSA) is 58.6 Å². The summed E-state index contributed by atoms with van der Waals surface area (Å²) in [6.45, 7) is 6.08. The van der Waals surface area contributed by atoms with Crippen molar-refractivity contribution < 1.29 is 14.6 Å². The lowest BCUT2D eigenvalue weighted by Crippen LogP contribution is -2.39. The molecule has 0 radical (unpaired) electrons. The summed E-state index contributed by atoms with van der Waals surface area (Å²) in [6, 6.07) is 7.40. The molecule has 0 aliphatic carbocycles. The Bertz CT molecular complexity index is 424. The van der Waals surface area contributed by atoms with E-state index >= 15 is 0 Å². The van der Waals surface area contributed by atoms with Gasteiger partial charge < -0.3 is 15.2 Å². The average molecular weight is 265 g/mol. The van der Waals surface area contributed by atoms with Crippen molar-refractivity contribution in [3.63, 3.8) is 0 Å². The van der Waals surface area contributed by atoms with Gasteiger partial charge >= 0.3 is 0 Å². The highest BCUT2D eigenvalue weighted by molar-refractivity contribution is 5.78. The average Bonchev–Trinajstić information content (AvgIpc) is 2.35. The van der Waals surface area contributed by atoms with E-state index in [2.05, 4.69) is 5.32 Å². The second kappa shape index (κ2) is 6.57. The second-order valence-corrected chi connectivity index (χ2v) is 5.71. The summed E-state index contributed by atoms with van der Waals surface area (Å²) in [7, 11) is 1.60. The van der Waals surface area contributed by atoms with Gasteiger partial charge in [-0.3, -0.25) is 4.79 Å². The van der Waals surface area contributed by atoms with Crippen LogP contribution < -0.4 is 10.1 Å². The predicted octanol–water partition coefficient (Wildman–Crippen LogP) is 1.76. The maximum absolute atomic E-state index is 11.8. The standard InChI is InChI=1S/C15H23NO3/c1-15(2,3)13(17)10-16-14(18)9-11-6-5-7-12(8-11)19-4/h5-8,13,17H,9-10H2,1-4H3,(H,16,18). The first kappa shape index (κ1) is 15.5. The third kappa shape index (κ3) is 5.30. The molecule has 106 valence electrons. The Kier molecular flexibility index (Phi) is 5.36. The molecule has 0 aliphatic rings. The summed E-state index contributed by atoms with van der Waals surface area (Å²) < 4.78 is 5.11. The second-order valence-electron chi connectivity index (χ2n) is 5.71. The summed E-state index contributed by atoms with van der Waals surface area (Å²) >= 11 is 0. The number of benzene rings is 1.